The summed E-state index contributed by atoms with van der Waals surface area (Å²) in [5, 5.41) is 11.1. The molecule has 140 valence electrons. The molecule has 0 aliphatic heterocycles. The van der Waals surface area contributed by atoms with Gasteiger partial charge in [-0.25, -0.2) is 4.79 Å². The Balaban J connectivity index is 2.20. The van der Waals surface area contributed by atoms with Crippen molar-refractivity contribution in [1.29, 1.82) is 0 Å². The van der Waals surface area contributed by atoms with Crippen molar-refractivity contribution in [1.82, 2.24) is 4.90 Å². The number of carbonyl (C=O) groups excluding carboxylic acids is 1. The van der Waals surface area contributed by atoms with Crippen LogP contribution in [0.25, 0.3) is 0 Å². The summed E-state index contributed by atoms with van der Waals surface area (Å²) in [5.74, 6) is 5.64. The SMILES string of the molecule is CC(C)(C)OC(=O)N(CC#Cc1ccccc1[N+](=O)[O-])Cc1ccccc1. The van der Waals surface area contributed by atoms with E-state index in [0.717, 1.165) is 5.56 Å². The lowest BCUT2D eigenvalue weighted by Crippen LogP contribution is -2.36. The first-order chi connectivity index (χ1) is 12.8. The maximum Gasteiger partial charge on any atom is 0.411 e. The summed E-state index contributed by atoms with van der Waals surface area (Å²) < 4.78 is 5.45. The van der Waals surface area contributed by atoms with Crippen molar-refractivity contribution in [2.24, 2.45) is 0 Å². The first kappa shape index (κ1) is 20.0. The smallest absolute Gasteiger partial charge is 0.411 e. The van der Waals surface area contributed by atoms with Gasteiger partial charge in [0.1, 0.15) is 11.2 Å². The fourth-order valence-corrected chi connectivity index (χ4v) is 2.28. The van der Waals surface area contributed by atoms with Crippen LogP contribution in [0.4, 0.5) is 10.5 Å². The summed E-state index contributed by atoms with van der Waals surface area (Å²) in [6.07, 6.45) is -0.483. The second-order valence-electron chi connectivity index (χ2n) is 6.90. The minimum Gasteiger partial charge on any atom is -0.444 e. The van der Waals surface area contributed by atoms with Gasteiger partial charge in [0.15, 0.2) is 0 Å². The van der Waals surface area contributed by atoms with Gasteiger partial charge in [0.2, 0.25) is 0 Å². The lowest BCUT2D eigenvalue weighted by molar-refractivity contribution is -0.385. The van der Waals surface area contributed by atoms with Gasteiger partial charge >= 0.3 is 6.09 Å². The van der Waals surface area contributed by atoms with E-state index in [1.165, 1.54) is 11.0 Å². The van der Waals surface area contributed by atoms with E-state index in [-0.39, 0.29) is 12.2 Å². The zero-order valence-corrected chi connectivity index (χ0v) is 15.6. The van der Waals surface area contributed by atoms with Crippen molar-refractivity contribution in [3.05, 3.63) is 75.8 Å². The summed E-state index contributed by atoms with van der Waals surface area (Å²) in [6, 6.07) is 15.8. The van der Waals surface area contributed by atoms with Gasteiger partial charge in [-0.3, -0.25) is 15.0 Å². The molecule has 0 bridgehead atoms. The first-order valence-corrected chi connectivity index (χ1v) is 8.50. The van der Waals surface area contributed by atoms with E-state index in [4.69, 9.17) is 4.74 Å². The van der Waals surface area contributed by atoms with Gasteiger partial charge in [0, 0.05) is 12.6 Å². The molecule has 0 aliphatic rings. The van der Waals surface area contributed by atoms with Crippen LogP contribution < -0.4 is 0 Å². The predicted molar refractivity (Wildman–Crippen MR) is 103 cm³/mol. The molecule has 6 heteroatoms. The predicted octanol–water partition coefficient (Wildman–Crippen LogP) is 4.38. The van der Waals surface area contributed by atoms with Gasteiger partial charge in [0.25, 0.3) is 5.69 Å². The average Bonchev–Trinajstić information content (AvgIpc) is 2.60. The fourth-order valence-electron chi connectivity index (χ4n) is 2.28. The fraction of sp³-hybridized carbons (Fsp3) is 0.286. The Morgan fingerprint density at radius 1 is 1.11 bits per heavy atom. The summed E-state index contributed by atoms with van der Waals surface area (Å²) in [7, 11) is 0. The van der Waals surface area contributed by atoms with E-state index < -0.39 is 16.6 Å². The normalized spacial score (nSPS) is 10.5. The number of ether oxygens (including phenoxy) is 1. The molecule has 0 spiro atoms. The van der Waals surface area contributed by atoms with Gasteiger partial charge in [-0.2, -0.15) is 0 Å². The molecule has 0 saturated carbocycles. The number of benzene rings is 2. The van der Waals surface area contributed by atoms with Gasteiger partial charge < -0.3 is 4.74 Å². The van der Waals surface area contributed by atoms with Crippen LogP contribution in [0.3, 0.4) is 0 Å². The number of nitrogens with zero attached hydrogens (tertiary/aromatic N) is 2. The van der Waals surface area contributed by atoms with Crippen LogP contribution in [-0.4, -0.2) is 28.1 Å². The number of nitro groups is 1. The van der Waals surface area contributed by atoms with Gasteiger partial charge in [-0.1, -0.05) is 54.3 Å². The zero-order valence-electron chi connectivity index (χ0n) is 15.6. The maximum absolute atomic E-state index is 12.5. The molecule has 2 aromatic carbocycles. The van der Waals surface area contributed by atoms with Crippen LogP contribution in [0, 0.1) is 22.0 Å². The van der Waals surface area contributed by atoms with E-state index in [1.54, 1.807) is 39.0 Å². The molecular weight excluding hydrogens is 344 g/mol. The highest BCUT2D eigenvalue weighted by Gasteiger charge is 2.21. The maximum atomic E-state index is 12.5. The molecule has 0 fully saturated rings. The number of hydrogen-bond donors (Lipinski definition) is 0. The molecule has 2 aromatic rings. The summed E-state index contributed by atoms with van der Waals surface area (Å²) in [5.41, 5.74) is 0.566. The van der Waals surface area contributed by atoms with Crippen molar-refractivity contribution >= 4 is 11.8 Å². The van der Waals surface area contributed by atoms with E-state index in [9.17, 15) is 14.9 Å². The number of para-hydroxylation sites is 1. The Kier molecular flexibility index (Phi) is 6.56. The number of rotatable bonds is 4. The number of carbonyl (C=O) groups is 1. The molecule has 0 aliphatic carbocycles. The molecule has 0 saturated heterocycles. The minimum absolute atomic E-state index is 0.0584. The molecule has 27 heavy (non-hydrogen) atoms. The average molecular weight is 366 g/mol. The summed E-state index contributed by atoms with van der Waals surface area (Å²) in [4.78, 5) is 24.6. The van der Waals surface area contributed by atoms with E-state index in [2.05, 4.69) is 11.8 Å². The third-order valence-electron chi connectivity index (χ3n) is 3.46. The molecule has 1 amide bonds. The van der Waals surface area contributed by atoms with Crippen LogP contribution in [0.15, 0.2) is 54.6 Å². The Bertz CT molecular complexity index is 861. The largest absolute Gasteiger partial charge is 0.444 e. The Hall–Kier alpha value is -3.33. The van der Waals surface area contributed by atoms with E-state index in [0.29, 0.717) is 12.1 Å². The van der Waals surface area contributed by atoms with Gasteiger partial charge in [-0.15, -0.1) is 0 Å². The summed E-state index contributed by atoms with van der Waals surface area (Å²) >= 11 is 0. The van der Waals surface area contributed by atoms with Crippen molar-refractivity contribution in [2.75, 3.05) is 6.54 Å². The van der Waals surface area contributed by atoms with Crippen molar-refractivity contribution in [2.45, 2.75) is 32.9 Å². The quantitative estimate of drug-likeness (QED) is 0.457. The molecule has 0 aromatic heterocycles. The van der Waals surface area contributed by atoms with Crippen LogP contribution >= 0.6 is 0 Å². The first-order valence-electron chi connectivity index (χ1n) is 8.50. The molecule has 0 radical (unpaired) electrons. The standard InChI is InChI=1S/C21H22N2O4/c1-21(2,3)27-20(24)22(16-17-10-5-4-6-11-17)15-9-13-18-12-7-8-14-19(18)23(25)26/h4-8,10-12,14H,15-16H2,1-3H3. The van der Waals surface area contributed by atoms with E-state index in [1.807, 2.05) is 30.3 Å². The second-order valence-corrected chi connectivity index (χ2v) is 6.90. The Labute approximate surface area is 158 Å². The molecule has 6 nitrogen and oxygen atoms in total. The van der Waals surface area contributed by atoms with Gasteiger partial charge in [-0.05, 0) is 32.4 Å². The van der Waals surface area contributed by atoms with Crippen LogP contribution in [0.5, 0.6) is 0 Å². The molecule has 0 N–H and O–H groups in total. The molecular formula is C21H22N2O4. The molecule has 0 atom stereocenters. The third kappa shape index (κ3) is 6.48. The number of amides is 1. The van der Waals surface area contributed by atoms with E-state index >= 15 is 0 Å². The van der Waals surface area contributed by atoms with Crippen LogP contribution in [0.2, 0.25) is 0 Å². The lowest BCUT2D eigenvalue weighted by Gasteiger charge is -2.26. The van der Waals surface area contributed by atoms with Crippen LogP contribution in [0.1, 0.15) is 31.9 Å². The highest BCUT2D eigenvalue weighted by atomic mass is 16.6. The Morgan fingerprint density at radius 2 is 1.74 bits per heavy atom. The second kappa shape index (κ2) is 8.86. The number of hydrogen-bond acceptors (Lipinski definition) is 4. The summed E-state index contributed by atoms with van der Waals surface area (Å²) in [6.45, 7) is 5.82. The van der Waals surface area contributed by atoms with Crippen LogP contribution in [-0.2, 0) is 11.3 Å². The van der Waals surface area contributed by atoms with Crippen molar-refractivity contribution < 1.29 is 14.5 Å². The minimum atomic E-state index is -0.627. The lowest BCUT2D eigenvalue weighted by atomic mass is 10.2. The Morgan fingerprint density at radius 3 is 2.37 bits per heavy atom. The zero-order chi connectivity index (χ0) is 19.9. The molecule has 2 rings (SSSR count). The highest BCUT2D eigenvalue weighted by Crippen LogP contribution is 2.16. The molecule has 0 unspecified atom stereocenters. The topological polar surface area (TPSA) is 72.7 Å². The third-order valence-corrected chi connectivity index (χ3v) is 3.46. The van der Waals surface area contributed by atoms with Crippen molar-refractivity contribution in [3.8, 4) is 11.8 Å². The number of nitro benzene ring substituents is 1. The van der Waals surface area contributed by atoms with Crippen molar-refractivity contribution in [3.63, 3.8) is 0 Å². The van der Waals surface area contributed by atoms with Gasteiger partial charge in [0.05, 0.1) is 11.5 Å². The molecule has 0 heterocycles. The monoisotopic (exact) mass is 366 g/mol. The highest BCUT2D eigenvalue weighted by molar-refractivity contribution is 5.68.